The van der Waals surface area contributed by atoms with Gasteiger partial charge < -0.3 is 9.64 Å². The second-order valence-corrected chi connectivity index (χ2v) is 7.28. The summed E-state index contributed by atoms with van der Waals surface area (Å²) in [6.45, 7) is 7.13. The van der Waals surface area contributed by atoms with Gasteiger partial charge in [0.05, 0.1) is 12.2 Å². The Morgan fingerprint density at radius 3 is 2.88 bits per heavy atom. The Morgan fingerprint density at radius 2 is 2.20 bits per heavy atom. The summed E-state index contributed by atoms with van der Waals surface area (Å²) in [7, 11) is 2.02. The molecule has 138 valence electrons. The van der Waals surface area contributed by atoms with Crippen molar-refractivity contribution < 1.29 is 9.53 Å². The topological polar surface area (TPSA) is 67.7 Å². The molecule has 0 spiro atoms. The summed E-state index contributed by atoms with van der Waals surface area (Å²) in [5.41, 5.74) is 0.738. The highest BCUT2D eigenvalue weighted by Crippen LogP contribution is 2.18. The monoisotopic (exact) mass is 348 g/mol. The van der Waals surface area contributed by atoms with Crippen molar-refractivity contribution in [1.82, 2.24) is 19.4 Å². The lowest BCUT2D eigenvalue weighted by Gasteiger charge is -2.24. The minimum absolute atomic E-state index is 0.0245. The van der Waals surface area contributed by atoms with Crippen LogP contribution in [0.25, 0.3) is 0 Å². The number of fused-ring (bicyclic) bond motifs is 1. The van der Waals surface area contributed by atoms with Crippen LogP contribution in [0, 0.1) is 0 Å². The van der Waals surface area contributed by atoms with E-state index in [2.05, 4.69) is 18.7 Å². The van der Waals surface area contributed by atoms with Crippen molar-refractivity contribution in [1.29, 1.82) is 0 Å². The van der Waals surface area contributed by atoms with Crippen LogP contribution in [0.15, 0.2) is 10.9 Å². The molecule has 3 rings (SSSR count). The number of rotatable bonds is 4. The van der Waals surface area contributed by atoms with Gasteiger partial charge in [-0.15, -0.1) is 0 Å². The zero-order valence-corrected chi connectivity index (χ0v) is 15.4. The highest BCUT2D eigenvalue weighted by atomic mass is 16.5. The number of carbonyl (C=O) groups excluding carboxylic acids is 1. The van der Waals surface area contributed by atoms with E-state index in [9.17, 15) is 9.59 Å². The van der Waals surface area contributed by atoms with Crippen molar-refractivity contribution in [2.45, 2.75) is 64.9 Å². The number of aromatic nitrogens is 2. The maximum absolute atomic E-state index is 12.7. The van der Waals surface area contributed by atoms with Crippen LogP contribution in [-0.4, -0.2) is 57.6 Å². The van der Waals surface area contributed by atoms with Crippen LogP contribution in [0.1, 0.15) is 44.6 Å². The molecule has 1 aromatic heterocycles. The number of nitrogens with zero attached hydrogens (tertiary/aromatic N) is 4. The minimum Gasteiger partial charge on any atom is -0.368 e. The molecule has 0 N–H and O–H groups in total. The molecule has 3 heterocycles. The Bertz CT molecular complexity index is 679. The second kappa shape index (κ2) is 7.66. The third-order valence-electron chi connectivity index (χ3n) is 5.09. The van der Waals surface area contributed by atoms with Crippen LogP contribution in [0.2, 0.25) is 0 Å². The summed E-state index contributed by atoms with van der Waals surface area (Å²) >= 11 is 0. The van der Waals surface area contributed by atoms with Gasteiger partial charge in [-0.2, -0.15) is 0 Å². The van der Waals surface area contributed by atoms with Gasteiger partial charge in [0, 0.05) is 38.3 Å². The van der Waals surface area contributed by atoms with Crippen LogP contribution in [0.4, 0.5) is 0 Å². The molecule has 25 heavy (non-hydrogen) atoms. The molecule has 7 nitrogen and oxygen atoms in total. The molecule has 1 amide bonds. The van der Waals surface area contributed by atoms with E-state index < -0.39 is 0 Å². The van der Waals surface area contributed by atoms with Crippen molar-refractivity contribution in [3.8, 4) is 0 Å². The zero-order chi connectivity index (χ0) is 18.0. The first-order valence-corrected chi connectivity index (χ1v) is 9.16. The van der Waals surface area contributed by atoms with E-state index >= 15 is 0 Å². The number of hydrogen-bond donors (Lipinski definition) is 0. The Balaban J connectivity index is 1.82. The maximum atomic E-state index is 12.7. The molecule has 0 bridgehead atoms. The van der Waals surface area contributed by atoms with Gasteiger partial charge in [0.15, 0.2) is 0 Å². The molecule has 1 saturated heterocycles. The van der Waals surface area contributed by atoms with Gasteiger partial charge in [0.1, 0.15) is 11.9 Å². The minimum atomic E-state index is -0.325. The van der Waals surface area contributed by atoms with Crippen molar-refractivity contribution in [3.05, 3.63) is 27.9 Å². The average Bonchev–Trinajstić information content (AvgIpc) is 3.01. The molecular formula is C18H28N4O3. The van der Waals surface area contributed by atoms with Gasteiger partial charge in [-0.3, -0.25) is 19.1 Å². The molecule has 1 aromatic rings. The maximum Gasteiger partial charge on any atom is 0.253 e. The fraction of sp³-hybridized carbons (Fsp3) is 0.722. The largest absolute Gasteiger partial charge is 0.368 e. The summed E-state index contributed by atoms with van der Waals surface area (Å²) in [5, 5.41) is 0. The van der Waals surface area contributed by atoms with E-state index in [4.69, 9.17) is 9.72 Å². The van der Waals surface area contributed by atoms with Gasteiger partial charge in [0.2, 0.25) is 0 Å². The molecule has 0 aliphatic carbocycles. The molecule has 0 unspecified atom stereocenters. The molecule has 0 radical (unpaired) electrons. The Morgan fingerprint density at radius 1 is 1.40 bits per heavy atom. The van der Waals surface area contributed by atoms with E-state index in [0.717, 1.165) is 25.0 Å². The molecule has 1 atom stereocenters. The predicted octanol–water partition coefficient (Wildman–Crippen LogP) is 0.995. The molecule has 2 aliphatic rings. The summed E-state index contributed by atoms with van der Waals surface area (Å²) in [5.74, 6) is 0.716. The van der Waals surface area contributed by atoms with Crippen molar-refractivity contribution in [2.75, 3.05) is 20.2 Å². The molecule has 7 heteroatoms. The van der Waals surface area contributed by atoms with Gasteiger partial charge in [-0.05, 0) is 40.2 Å². The first-order chi connectivity index (χ1) is 12.0. The SMILES string of the molecule is CC(C)N(C)Cc1cc(=O)n2c(n1)CN(C(=O)[C@@H]1CCCO1)CCC2. The lowest BCUT2D eigenvalue weighted by atomic mass is 10.2. The number of amides is 1. The smallest absolute Gasteiger partial charge is 0.253 e. The van der Waals surface area contributed by atoms with Crippen molar-refractivity contribution in [2.24, 2.45) is 0 Å². The van der Waals surface area contributed by atoms with Crippen LogP contribution in [-0.2, 0) is 29.2 Å². The van der Waals surface area contributed by atoms with Crippen LogP contribution in [0.3, 0.4) is 0 Å². The van der Waals surface area contributed by atoms with Gasteiger partial charge in [0.25, 0.3) is 11.5 Å². The van der Waals surface area contributed by atoms with Gasteiger partial charge in [-0.1, -0.05) is 0 Å². The van der Waals surface area contributed by atoms with E-state index in [1.54, 1.807) is 15.5 Å². The Kier molecular flexibility index (Phi) is 5.54. The number of ether oxygens (including phenoxy) is 1. The molecular weight excluding hydrogens is 320 g/mol. The standard InChI is InChI=1S/C18H28N4O3/c1-13(2)20(3)11-14-10-17(23)22-8-5-7-21(12-16(22)19-14)18(24)15-6-4-9-25-15/h10,13,15H,4-9,11-12H2,1-3H3/t15-/m0/s1. The summed E-state index contributed by atoms with van der Waals surface area (Å²) < 4.78 is 7.25. The third-order valence-corrected chi connectivity index (χ3v) is 5.09. The Labute approximate surface area is 148 Å². The van der Waals surface area contributed by atoms with Gasteiger partial charge in [-0.25, -0.2) is 4.98 Å². The average molecular weight is 348 g/mol. The zero-order valence-electron chi connectivity index (χ0n) is 15.4. The third kappa shape index (κ3) is 4.10. The van der Waals surface area contributed by atoms with Crippen LogP contribution >= 0.6 is 0 Å². The molecule has 0 saturated carbocycles. The van der Waals surface area contributed by atoms with Crippen LogP contribution in [0.5, 0.6) is 0 Å². The fourth-order valence-electron chi connectivity index (χ4n) is 3.32. The number of carbonyl (C=O) groups is 1. The van der Waals surface area contributed by atoms with Gasteiger partial charge >= 0.3 is 0 Å². The van der Waals surface area contributed by atoms with Crippen LogP contribution < -0.4 is 5.56 Å². The van der Waals surface area contributed by atoms with E-state index in [0.29, 0.717) is 44.7 Å². The first-order valence-electron chi connectivity index (χ1n) is 9.16. The molecule has 2 aliphatic heterocycles. The summed E-state index contributed by atoms with van der Waals surface area (Å²) in [6, 6.07) is 2.00. The fourth-order valence-corrected chi connectivity index (χ4v) is 3.32. The molecule has 1 fully saturated rings. The van der Waals surface area contributed by atoms with Crippen molar-refractivity contribution in [3.63, 3.8) is 0 Å². The normalized spacial score (nSPS) is 20.8. The summed E-state index contributed by atoms with van der Waals surface area (Å²) in [4.78, 5) is 33.8. The first kappa shape index (κ1) is 18.1. The molecule has 0 aromatic carbocycles. The number of hydrogen-bond acceptors (Lipinski definition) is 5. The second-order valence-electron chi connectivity index (χ2n) is 7.28. The highest BCUT2D eigenvalue weighted by Gasteiger charge is 2.30. The highest BCUT2D eigenvalue weighted by molar-refractivity contribution is 5.81. The van der Waals surface area contributed by atoms with E-state index in [-0.39, 0.29) is 17.6 Å². The van der Waals surface area contributed by atoms with E-state index in [1.807, 2.05) is 7.05 Å². The summed E-state index contributed by atoms with van der Waals surface area (Å²) in [6.07, 6.45) is 2.16. The van der Waals surface area contributed by atoms with E-state index in [1.165, 1.54) is 0 Å². The lowest BCUT2D eigenvalue weighted by Crippen LogP contribution is -2.39. The predicted molar refractivity (Wildman–Crippen MR) is 94.1 cm³/mol. The Hall–Kier alpha value is -1.73. The lowest BCUT2D eigenvalue weighted by molar-refractivity contribution is -0.141. The quantitative estimate of drug-likeness (QED) is 0.812. The van der Waals surface area contributed by atoms with Crippen molar-refractivity contribution >= 4 is 5.91 Å².